The predicted molar refractivity (Wildman–Crippen MR) is 77.3 cm³/mol. The monoisotopic (exact) mass is 280 g/mol. The molecule has 94 valence electrons. The molecule has 1 aliphatic carbocycles. The molecule has 0 amide bonds. The molecule has 0 saturated carbocycles. The quantitative estimate of drug-likeness (QED) is 0.615. The van der Waals surface area contributed by atoms with E-state index in [4.69, 9.17) is 27.6 Å². The van der Waals surface area contributed by atoms with Crippen LogP contribution in [0.3, 0.4) is 0 Å². The van der Waals surface area contributed by atoms with E-state index in [1.54, 1.807) is 0 Å². The van der Waals surface area contributed by atoms with Crippen LogP contribution in [-0.2, 0) is 0 Å². The van der Waals surface area contributed by atoms with Gasteiger partial charge in [-0.2, -0.15) is 0 Å². The van der Waals surface area contributed by atoms with Gasteiger partial charge < -0.3 is 4.42 Å². The first kappa shape index (κ1) is 12.1. The number of fused-ring (bicyclic) bond motifs is 1. The minimum Gasteiger partial charge on any atom is -0.455 e. The van der Waals surface area contributed by atoms with E-state index in [0.717, 1.165) is 29.6 Å². The Kier molecular flexibility index (Phi) is 3.36. The van der Waals surface area contributed by atoms with Crippen LogP contribution in [0.5, 0.6) is 0 Å². The molecule has 0 fully saturated rings. The lowest BCUT2D eigenvalue weighted by molar-refractivity contribution is 0.594. The van der Waals surface area contributed by atoms with Gasteiger partial charge in [0.15, 0.2) is 5.58 Å². The smallest absolute Gasteiger partial charge is 0.153 e. The second-order valence-corrected chi connectivity index (χ2v) is 5.69. The Morgan fingerprint density at radius 3 is 2.94 bits per heavy atom. The van der Waals surface area contributed by atoms with Crippen molar-refractivity contribution in [2.45, 2.75) is 31.1 Å². The van der Waals surface area contributed by atoms with Crippen molar-refractivity contribution in [3.8, 4) is 0 Å². The fourth-order valence-electron chi connectivity index (χ4n) is 2.43. The number of para-hydroxylation sites is 1. The highest BCUT2D eigenvalue weighted by Gasteiger charge is 2.15. The Morgan fingerprint density at radius 2 is 2.11 bits per heavy atom. The van der Waals surface area contributed by atoms with Crippen LogP contribution in [0, 0.1) is 0 Å². The molecule has 1 aromatic carbocycles. The zero-order valence-corrected chi connectivity index (χ0v) is 11.5. The highest BCUT2D eigenvalue weighted by atomic mass is 35.5. The predicted octanol–water partition coefficient (Wildman–Crippen LogP) is 5.65. The van der Waals surface area contributed by atoms with E-state index in [2.05, 4.69) is 12.1 Å². The maximum absolute atomic E-state index is 6.25. The lowest BCUT2D eigenvalue weighted by Crippen LogP contribution is -1.90. The van der Waals surface area contributed by atoms with Gasteiger partial charge in [0.05, 0.1) is 10.4 Å². The second-order valence-electron chi connectivity index (χ2n) is 4.72. The molecule has 0 bridgehead atoms. The molecule has 1 aliphatic rings. The number of alkyl halides is 1. The number of rotatable bonds is 1. The molecule has 1 unspecified atom stereocenters. The van der Waals surface area contributed by atoms with Gasteiger partial charge in [0.2, 0.25) is 0 Å². The molecule has 0 spiro atoms. The van der Waals surface area contributed by atoms with Crippen LogP contribution >= 0.6 is 23.2 Å². The summed E-state index contributed by atoms with van der Waals surface area (Å²) in [5, 5.41) is 1.83. The Labute approximate surface area is 116 Å². The molecule has 3 heteroatoms. The lowest BCUT2D eigenvalue weighted by atomic mass is 10.1. The molecule has 18 heavy (non-hydrogen) atoms. The standard InChI is InChI=1S/C15H14Cl2O/c16-12-6-2-1-4-10(8-12)14-9-11-5-3-7-13(17)15(11)18-14/h3,5,7-9,12H,1-2,4,6H2. The summed E-state index contributed by atoms with van der Waals surface area (Å²) >= 11 is 12.4. The maximum Gasteiger partial charge on any atom is 0.153 e. The van der Waals surface area contributed by atoms with E-state index < -0.39 is 0 Å². The van der Waals surface area contributed by atoms with Gasteiger partial charge in [-0.1, -0.05) is 36.2 Å². The van der Waals surface area contributed by atoms with E-state index in [9.17, 15) is 0 Å². The SMILES string of the molecule is Clc1cccc2cc(C3=CC(Cl)CCCC3)oc12. The van der Waals surface area contributed by atoms with Gasteiger partial charge in [-0.05, 0) is 37.0 Å². The number of hydrogen-bond donors (Lipinski definition) is 0. The van der Waals surface area contributed by atoms with Crippen molar-refractivity contribution in [2.75, 3.05) is 0 Å². The Hall–Kier alpha value is -0.920. The molecule has 1 aromatic heterocycles. The summed E-state index contributed by atoms with van der Waals surface area (Å²) in [7, 11) is 0. The van der Waals surface area contributed by atoms with Crippen LogP contribution < -0.4 is 0 Å². The normalized spacial score (nSPS) is 20.8. The third kappa shape index (κ3) is 2.30. The van der Waals surface area contributed by atoms with E-state index in [0.29, 0.717) is 5.02 Å². The van der Waals surface area contributed by atoms with Crippen molar-refractivity contribution in [1.82, 2.24) is 0 Å². The molecular weight excluding hydrogens is 267 g/mol. The average molecular weight is 281 g/mol. The summed E-state index contributed by atoms with van der Waals surface area (Å²) < 4.78 is 5.88. The number of hydrogen-bond acceptors (Lipinski definition) is 1. The second kappa shape index (κ2) is 4.99. The molecule has 1 atom stereocenters. The van der Waals surface area contributed by atoms with Crippen LogP contribution in [0.1, 0.15) is 31.4 Å². The minimum absolute atomic E-state index is 0.117. The minimum atomic E-state index is 0.117. The van der Waals surface area contributed by atoms with E-state index in [1.807, 2.05) is 18.2 Å². The first-order chi connectivity index (χ1) is 8.74. The van der Waals surface area contributed by atoms with Crippen molar-refractivity contribution in [3.05, 3.63) is 41.1 Å². The van der Waals surface area contributed by atoms with Gasteiger partial charge in [-0.25, -0.2) is 0 Å². The van der Waals surface area contributed by atoms with Gasteiger partial charge in [0.25, 0.3) is 0 Å². The Bertz CT molecular complexity index is 598. The molecule has 3 rings (SSSR count). The Balaban J connectivity index is 2.06. The maximum atomic E-state index is 6.25. The first-order valence-electron chi connectivity index (χ1n) is 6.27. The van der Waals surface area contributed by atoms with Gasteiger partial charge in [-0.3, -0.25) is 0 Å². The molecule has 0 N–H and O–H groups in total. The average Bonchev–Trinajstić information content (AvgIpc) is 2.67. The highest BCUT2D eigenvalue weighted by Crippen LogP contribution is 2.34. The van der Waals surface area contributed by atoms with Crippen LogP contribution in [-0.4, -0.2) is 5.38 Å². The number of furan rings is 1. The van der Waals surface area contributed by atoms with Gasteiger partial charge >= 0.3 is 0 Å². The molecule has 1 heterocycles. The van der Waals surface area contributed by atoms with Crippen LogP contribution in [0.4, 0.5) is 0 Å². The third-order valence-electron chi connectivity index (χ3n) is 3.37. The topological polar surface area (TPSA) is 13.1 Å². The van der Waals surface area contributed by atoms with E-state index in [1.165, 1.54) is 18.4 Å². The van der Waals surface area contributed by atoms with Crippen LogP contribution in [0.2, 0.25) is 5.02 Å². The lowest BCUT2D eigenvalue weighted by Gasteiger charge is -2.01. The summed E-state index contributed by atoms with van der Waals surface area (Å²) in [5.74, 6) is 0.908. The zero-order chi connectivity index (χ0) is 12.5. The summed E-state index contributed by atoms with van der Waals surface area (Å²) in [6.45, 7) is 0. The van der Waals surface area contributed by atoms with Crippen molar-refractivity contribution in [1.29, 1.82) is 0 Å². The van der Waals surface area contributed by atoms with E-state index in [-0.39, 0.29) is 5.38 Å². The zero-order valence-electron chi connectivity index (χ0n) is 9.96. The molecule has 0 radical (unpaired) electrons. The van der Waals surface area contributed by atoms with Crippen LogP contribution in [0.15, 0.2) is 34.8 Å². The van der Waals surface area contributed by atoms with Crippen LogP contribution in [0.25, 0.3) is 16.5 Å². The fourth-order valence-corrected chi connectivity index (χ4v) is 2.96. The van der Waals surface area contributed by atoms with E-state index >= 15 is 0 Å². The summed E-state index contributed by atoms with van der Waals surface area (Å²) in [5.41, 5.74) is 1.98. The summed E-state index contributed by atoms with van der Waals surface area (Å²) in [6.07, 6.45) is 6.54. The molecular formula is C15H14Cl2O. The van der Waals surface area contributed by atoms with Gasteiger partial charge in [0, 0.05) is 5.39 Å². The first-order valence-corrected chi connectivity index (χ1v) is 7.09. The summed E-state index contributed by atoms with van der Waals surface area (Å²) in [6, 6.07) is 7.87. The fraction of sp³-hybridized carbons (Fsp3) is 0.333. The van der Waals surface area contributed by atoms with Crippen molar-refractivity contribution >= 4 is 39.7 Å². The van der Waals surface area contributed by atoms with Crippen molar-refractivity contribution in [2.24, 2.45) is 0 Å². The van der Waals surface area contributed by atoms with Gasteiger partial charge in [-0.15, -0.1) is 11.6 Å². The molecule has 2 aromatic rings. The van der Waals surface area contributed by atoms with Crippen molar-refractivity contribution < 1.29 is 4.42 Å². The Morgan fingerprint density at radius 1 is 1.22 bits per heavy atom. The summed E-state index contributed by atoms with van der Waals surface area (Å²) in [4.78, 5) is 0. The largest absolute Gasteiger partial charge is 0.455 e. The molecule has 0 aliphatic heterocycles. The number of allylic oxidation sites excluding steroid dienone is 2. The number of halogens is 2. The van der Waals surface area contributed by atoms with Gasteiger partial charge in [0.1, 0.15) is 5.76 Å². The molecule has 0 saturated heterocycles. The number of benzene rings is 1. The third-order valence-corrected chi connectivity index (χ3v) is 4.01. The molecule has 1 nitrogen and oxygen atoms in total. The highest BCUT2D eigenvalue weighted by molar-refractivity contribution is 6.34. The van der Waals surface area contributed by atoms with Crippen molar-refractivity contribution in [3.63, 3.8) is 0 Å².